The first-order valence-electron chi connectivity index (χ1n) is 3.54. The van der Waals surface area contributed by atoms with Crippen molar-refractivity contribution in [1.82, 2.24) is 29.9 Å². The van der Waals surface area contributed by atoms with Crippen molar-refractivity contribution in [3.05, 3.63) is 25.3 Å². The third-order valence-electron chi connectivity index (χ3n) is 1.28. The summed E-state index contributed by atoms with van der Waals surface area (Å²) in [7, 11) is 0. The molecule has 0 aliphatic heterocycles. The van der Waals surface area contributed by atoms with Crippen LogP contribution in [0.5, 0.6) is 0 Å². The van der Waals surface area contributed by atoms with Crippen LogP contribution in [0.1, 0.15) is 0 Å². The van der Waals surface area contributed by atoms with E-state index in [1.807, 2.05) is 0 Å². The first kappa shape index (κ1) is 13.6. The molecule has 2 aromatic heterocycles. The van der Waals surface area contributed by atoms with Gasteiger partial charge in [0.2, 0.25) is 0 Å². The summed E-state index contributed by atoms with van der Waals surface area (Å²) in [6.45, 7) is 0. The number of rotatable bonds is 2. The van der Waals surface area contributed by atoms with Gasteiger partial charge in [0.25, 0.3) is 0 Å². The maximum absolute atomic E-state index is 3.90. The lowest BCUT2D eigenvalue weighted by molar-refractivity contribution is -0.496. The molecule has 0 bridgehead atoms. The molecule has 0 aliphatic carbocycles. The van der Waals surface area contributed by atoms with Gasteiger partial charge in [-0.15, -0.1) is 0 Å². The number of nitrogens with two attached hydrogens (primary N) is 1. The van der Waals surface area contributed by atoms with Crippen molar-refractivity contribution < 1.29 is 30.1 Å². The lowest BCUT2D eigenvalue weighted by Gasteiger charge is -1.92. The maximum Gasteiger partial charge on any atom is 0.336 e. The lowest BCUT2D eigenvalue weighted by atomic mass is 10.8. The minimum absolute atomic E-state index is 0. The highest BCUT2D eigenvalue weighted by Gasteiger charge is 2.03. The molecule has 0 radical (unpaired) electrons. The van der Waals surface area contributed by atoms with Crippen molar-refractivity contribution in [2.45, 2.75) is 0 Å². The molecule has 0 saturated carbocycles. The van der Waals surface area contributed by atoms with Gasteiger partial charge < -0.3 is 24.8 Å². The Labute approximate surface area is 97.7 Å². The van der Waals surface area contributed by atoms with Crippen LogP contribution in [-0.4, -0.2) is 29.9 Å². The highest BCUT2D eigenvalue weighted by atomic mass is 35.5. The van der Waals surface area contributed by atoms with Gasteiger partial charge in [0.1, 0.15) is 25.3 Å². The molecule has 0 amide bonds. The highest BCUT2D eigenvalue weighted by molar-refractivity contribution is 5.05. The average Bonchev–Trinajstić information content (AvgIpc) is 2.21. The Bertz CT molecular complexity index is 332. The molecule has 0 spiro atoms. The molecule has 2 N–H and O–H groups in total. The fourth-order valence-corrected chi connectivity index (χ4v) is 0.761. The summed E-state index contributed by atoms with van der Waals surface area (Å²) >= 11 is 0. The Morgan fingerprint density at radius 3 is 1.33 bits per heavy atom. The van der Waals surface area contributed by atoms with Crippen molar-refractivity contribution >= 4 is 11.9 Å². The topological polar surface area (TPSA) is 94.0 Å². The summed E-state index contributed by atoms with van der Waals surface area (Å²) in [4.78, 5) is 23.0. The molecule has 9 heteroatoms. The quantitative estimate of drug-likeness (QED) is 0.566. The van der Waals surface area contributed by atoms with Gasteiger partial charge in [0.05, 0.1) is 0 Å². The SMILES string of the molecule is [Cl-].[Cl-].c1ncnc([NH2+]c2ncncn2)n1. The van der Waals surface area contributed by atoms with Crippen molar-refractivity contribution in [3.63, 3.8) is 0 Å². The Morgan fingerprint density at radius 1 is 0.667 bits per heavy atom. The first-order chi connectivity index (χ1) is 6.45. The molecule has 0 aromatic carbocycles. The number of hydrogen-bond acceptors (Lipinski definition) is 6. The molecular formula is C6H6Cl2N7-. The molecule has 2 aromatic rings. The van der Waals surface area contributed by atoms with E-state index in [1.165, 1.54) is 25.3 Å². The van der Waals surface area contributed by atoms with Crippen molar-refractivity contribution in [2.75, 3.05) is 0 Å². The molecule has 0 atom stereocenters. The zero-order chi connectivity index (χ0) is 8.93. The lowest BCUT2D eigenvalue weighted by Crippen LogP contribution is -3.00. The number of hydrogen-bond donors (Lipinski definition) is 1. The molecule has 2 rings (SSSR count). The van der Waals surface area contributed by atoms with Gasteiger partial charge in [0.15, 0.2) is 0 Å². The van der Waals surface area contributed by atoms with E-state index in [4.69, 9.17) is 0 Å². The summed E-state index contributed by atoms with van der Waals surface area (Å²) in [6, 6.07) is 0. The molecule has 0 unspecified atom stereocenters. The molecule has 7 nitrogen and oxygen atoms in total. The Balaban J connectivity index is 0.000000980. The number of quaternary nitrogens is 1. The molecular weight excluding hydrogens is 241 g/mol. The number of aromatic nitrogens is 6. The summed E-state index contributed by atoms with van der Waals surface area (Å²) in [5, 5.41) is 1.64. The Morgan fingerprint density at radius 2 is 1.00 bits per heavy atom. The number of nitrogens with zero attached hydrogens (tertiary/aromatic N) is 6. The van der Waals surface area contributed by atoms with Crippen LogP contribution in [0.15, 0.2) is 25.3 Å². The van der Waals surface area contributed by atoms with E-state index in [0.717, 1.165) is 0 Å². The van der Waals surface area contributed by atoms with Gasteiger partial charge in [-0.05, 0) is 0 Å². The van der Waals surface area contributed by atoms with Gasteiger partial charge >= 0.3 is 11.9 Å². The maximum atomic E-state index is 3.90. The van der Waals surface area contributed by atoms with Crippen LogP contribution in [0.3, 0.4) is 0 Å². The minimum atomic E-state index is 0. The normalized spacial score (nSPS) is 8.53. The Hall–Kier alpha value is -1.44. The van der Waals surface area contributed by atoms with Crippen LogP contribution in [0.25, 0.3) is 0 Å². The van der Waals surface area contributed by atoms with E-state index >= 15 is 0 Å². The van der Waals surface area contributed by atoms with E-state index in [0.29, 0.717) is 11.9 Å². The average molecular weight is 247 g/mol. The summed E-state index contributed by atoms with van der Waals surface area (Å²) in [5.41, 5.74) is 0. The fourth-order valence-electron chi connectivity index (χ4n) is 0.761. The second-order valence-corrected chi connectivity index (χ2v) is 2.14. The molecule has 0 fully saturated rings. The second kappa shape index (κ2) is 6.93. The second-order valence-electron chi connectivity index (χ2n) is 2.14. The van der Waals surface area contributed by atoms with Crippen molar-refractivity contribution in [2.24, 2.45) is 0 Å². The third kappa shape index (κ3) is 4.07. The summed E-state index contributed by atoms with van der Waals surface area (Å²) in [6.07, 6.45) is 5.67. The predicted molar refractivity (Wildman–Crippen MR) is 40.9 cm³/mol. The van der Waals surface area contributed by atoms with E-state index in [1.54, 1.807) is 5.32 Å². The summed E-state index contributed by atoms with van der Waals surface area (Å²) in [5.74, 6) is 1.06. The molecule has 15 heavy (non-hydrogen) atoms. The van der Waals surface area contributed by atoms with Crippen LogP contribution in [-0.2, 0) is 0 Å². The molecule has 0 aliphatic rings. The van der Waals surface area contributed by atoms with Crippen molar-refractivity contribution in [3.8, 4) is 0 Å². The van der Waals surface area contributed by atoms with E-state index in [9.17, 15) is 0 Å². The standard InChI is InChI=1S/C6H5N7.2ClH/c1-7-2-10-5(9-1)13-6-11-3-8-4-12-6;;/h1-4H,(H,7,8,9,10,11,12,13);2*1H/p-1. The van der Waals surface area contributed by atoms with Gasteiger partial charge in [-0.1, -0.05) is 0 Å². The van der Waals surface area contributed by atoms with Gasteiger partial charge in [-0.25, -0.2) is 15.3 Å². The van der Waals surface area contributed by atoms with Crippen LogP contribution in [0.4, 0.5) is 11.9 Å². The molecule has 0 saturated heterocycles. The minimum Gasteiger partial charge on any atom is -1.00 e. The smallest absolute Gasteiger partial charge is 0.336 e. The largest absolute Gasteiger partial charge is 1.00 e. The zero-order valence-electron chi connectivity index (χ0n) is 7.33. The van der Waals surface area contributed by atoms with E-state index in [-0.39, 0.29) is 24.8 Å². The van der Waals surface area contributed by atoms with E-state index in [2.05, 4.69) is 29.9 Å². The van der Waals surface area contributed by atoms with Gasteiger partial charge in [0, 0.05) is 0 Å². The fraction of sp³-hybridized carbons (Fsp3) is 0. The third-order valence-corrected chi connectivity index (χ3v) is 1.28. The van der Waals surface area contributed by atoms with Crippen LogP contribution in [0, 0.1) is 0 Å². The molecule has 2 heterocycles. The predicted octanol–water partition coefficient (Wildman–Crippen LogP) is -7.41. The van der Waals surface area contributed by atoms with Crippen LogP contribution >= 0.6 is 0 Å². The Kier molecular flexibility index (Phi) is 6.27. The van der Waals surface area contributed by atoms with Crippen molar-refractivity contribution in [1.29, 1.82) is 0 Å². The van der Waals surface area contributed by atoms with Crippen LogP contribution in [0.2, 0.25) is 0 Å². The summed E-state index contributed by atoms with van der Waals surface area (Å²) < 4.78 is 0. The first-order valence-corrected chi connectivity index (χ1v) is 3.54. The highest BCUT2D eigenvalue weighted by Crippen LogP contribution is 1.86. The monoisotopic (exact) mass is 246 g/mol. The number of halogens is 2. The molecule has 80 valence electrons. The van der Waals surface area contributed by atoms with Gasteiger partial charge in [-0.2, -0.15) is 19.9 Å². The van der Waals surface area contributed by atoms with Gasteiger partial charge in [-0.3, -0.25) is 0 Å². The zero-order valence-corrected chi connectivity index (χ0v) is 8.84. The van der Waals surface area contributed by atoms with Crippen LogP contribution < -0.4 is 30.1 Å². The van der Waals surface area contributed by atoms with E-state index < -0.39 is 0 Å².